The minimum Gasteiger partial charge on any atom is -0.411 e. The van der Waals surface area contributed by atoms with Crippen LogP contribution in [0, 0.1) is 15.5 Å². The second-order valence-electron chi connectivity index (χ2n) is 3.29. The Morgan fingerprint density at radius 2 is 2.09 bits per heavy atom. The minimum absolute atomic E-state index is 0.183. The summed E-state index contributed by atoms with van der Waals surface area (Å²) in [5.41, 5.74) is -0.260. The summed E-state index contributed by atoms with van der Waals surface area (Å²) in [6.07, 6.45) is 0. The Bertz CT molecular complexity index is 181. The van der Waals surface area contributed by atoms with Gasteiger partial charge in [-0.25, -0.2) is 0 Å². The van der Waals surface area contributed by atoms with Crippen LogP contribution >= 0.6 is 0 Å². The van der Waals surface area contributed by atoms with Crippen molar-refractivity contribution >= 4 is 5.71 Å². The van der Waals surface area contributed by atoms with Gasteiger partial charge in [-0.05, 0) is 0 Å². The second-order valence-corrected chi connectivity index (χ2v) is 3.29. The zero-order valence-corrected chi connectivity index (χ0v) is 6.87. The first kappa shape index (κ1) is 9.87. The van der Waals surface area contributed by atoms with Crippen LogP contribution < -0.4 is 0 Å². The molecule has 0 aliphatic rings. The van der Waals surface area contributed by atoms with Gasteiger partial charge in [-0.3, -0.25) is 10.1 Å². The molecule has 0 heterocycles. The molecule has 0 spiro atoms. The van der Waals surface area contributed by atoms with Crippen LogP contribution in [0.1, 0.15) is 20.8 Å². The lowest BCUT2D eigenvalue weighted by Crippen LogP contribution is -2.27. The molecule has 5 nitrogen and oxygen atoms in total. The van der Waals surface area contributed by atoms with Gasteiger partial charge in [-0.15, -0.1) is 0 Å². The number of nitro groups is 1. The highest BCUT2D eigenvalue weighted by molar-refractivity contribution is 5.89. The molecule has 0 aromatic heterocycles. The Morgan fingerprint density at radius 1 is 1.64 bits per heavy atom. The molecule has 1 N–H and O–H groups in total. The second kappa shape index (κ2) is 3.32. The molecular weight excluding hydrogens is 148 g/mol. The monoisotopic (exact) mass is 160 g/mol. The Kier molecular flexibility index (Phi) is 2.98. The third kappa shape index (κ3) is 3.54. The first-order chi connectivity index (χ1) is 4.88. The zero-order valence-electron chi connectivity index (χ0n) is 6.87. The van der Waals surface area contributed by atoms with Crippen molar-refractivity contribution in [2.45, 2.75) is 20.8 Å². The predicted octanol–water partition coefficient (Wildman–Crippen LogP) is 1.14. The van der Waals surface area contributed by atoms with Gasteiger partial charge >= 0.3 is 0 Å². The quantitative estimate of drug-likeness (QED) is 0.285. The Morgan fingerprint density at radius 3 is 2.18 bits per heavy atom. The SMILES string of the molecule is CC(C)(C)/C(C[N+](=O)[O-])=N/O. The van der Waals surface area contributed by atoms with E-state index in [-0.39, 0.29) is 5.71 Å². The van der Waals surface area contributed by atoms with Crippen molar-refractivity contribution in [3.63, 3.8) is 0 Å². The maximum Gasteiger partial charge on any atom is 0.245 e. The molecule has 64 valence electrons. The van der Waals surface area contributed by atoms with Crippen LogP contribution in [0.2, 0.25) is 0 Å². The molecule has 5 heteroatoms. The number of hydrogen-bond acceptors (Lipinski definition) is 4. The molecule has 0 bridgehead atoms. The highest BCUT2D eigenvalue weighted by Gasteiger charge is 2.23. The van der Waals surface area contributed by atoms with Gasteiger partial charge < -0.3 is 5.21 Å². The fourth-order valence-corrected chi connectivity index (χ4v) is 0.541. The molecule has 0 aromatic rings. The topological polar surface area (TPSA) is 75.7 Å². The first-order valence-electron chi connectivity index (χ1n) is 3.21. The molecule has 0 saturated carbocycles. The molecule has 0 radical (unpaired) electrons. The van der Waals surface area contributed by atoms with Gasteiger partial charge in [0.2, 0.25) is 6.54 Å². The number of rotatable bonds is 2. The van der Waals surface area contributed by atoms with E-state index in [0.717, 1.165) is 0 Å². The lowest BCUT2D eigenvalue weighted by Gasteiger charge is -2.15. The summed E-state index contributed by atoms with van der Waals surface area (Å²) in [5.74, 6) is 0. The van der Waals surface area contributed by atoms with E-state index in [2.05, 4.69) is 5.16 Å². The summed E-state index contributed by atoms with van der Waals surface area (Å²) in [6.45, 7) is 4.86. The van der Waals surface area contributed by atoms with Gasteiger partial charge in [0.1, 0.15) is 5.71 Å². The molecule has 0 amide bonds. The first-order valence-corrected chi connectivity index (χ1v) is 3.21. The average Bonchev–Trinajstić information content (AvgIpc) is 1.79. The van der Waals surface area contributed by atoms with Crippen molar-refractivity contribution < 1.29 is 10.1 Å². The fourth-order valence-electron chi connectivity index (χ4n) is 0.541. The molecule has 0 atom stereocenters. The Labute approximate surface area is 64.9 Å². The van der Waals surface area contributed by atoms with E-state index in [1.807, 2.05) is 0 Å². The minimum atomic E-state index is -0.514. The van der Waals surface area contributed by atoms with Crippen LogP contribution in [-0.4, -0.2) is 22.4 Å². The summed E-state index contributed by atoms with van der Waals surface area (Å²) in [6, 6.07) is 0. The average molecular weight is 160 g/mol. The molecule has 11 heavy (non-hydrogen) atoms. The van der Waals surface area contributed by atoms with Crippen molar-refractivity contribution in [1.82, 2.24) is 0 Å². The summed E-state index contributed by atoms with van der Waals surface area (Å²) in [7, 11) is 0. The predicted molar refractivity (Wildman–Crippen MR) is 40.5 cm³/mol. The van der Waals surface area contributed by atoms with Crippen molar-refractivity contribution in [3.8, 4) is 0 Å². The largest absolute Gasteiger partial charge is 0.411 e. The van der Waals surface area contributed by atoms with Gasteiger partial charge in [0.15, 0.2) is 0 Å². The molecule has 0 aromatic carbocycles. The van der Waals surface area contributed by atoms with E-state index < -0.39 is 16.9 Å². The normalized spacial score (nSPS) is 13.2. The van der Waals surface area contributed by atoms with E-state index in [4.69, 9.17) is 5.21 Å². The molecule has 0 aliphatic heterocycles. The third-order valence-electron chi connectivity index (χ3n) is 1.27. The van der Waals surface area contributed by atoms with E-state index in [9.17, 15) is 10.1 Å². The standard InChI is InChI=1S/C6H12N2O3/c1-6(2,3)5(7-9)4-8(10)11/h9H,4H2,1-3H3/b7-5+. The van der Waals surface area contributed by atoms with Gasteiger partial charge in [0.25, 0.3) is 0 Å². The lowest BCUT2D eigenvalue weighted by atomic mass is 9.90. The van der Waals surface area contributed by atoms with Gasteiger partial charge in [-0.2, -0.15) is 0 Å². The molecule has 0 rings (SSSR count). The van der Waals surface area contributed by atoms with Crippen LogP contribution in [0.15, 0.2) is 5.16 Å². The Balaban J connectivity index is 4.33. The van der Waals surface area contributed by atoms with E-state index in [1.54, 1.807) is 20.8 Å². The van der Waals surface area contributed by atoms with Crippen molar-refractivity contribution in [3.05, 3.63) is 10.1 Å². The maximum atomic E-state index is 10.0. The van der Waals surface area contributed by atoms with Crippen LogP contribution in [0.5, 0.6) is 0 Å². The van der Waals surface area contributed by atoms with Crippen LogP contribution in [-0.2, 0) is 0 Å². The number of oxime groups is 1. The van der Waals surface area contributed by atoms with E-state index >= 15 is 0 Å². The van der Waals surface area contributed by atoms with Crippen molar-refractivity contribution in [2.75, 3.05) is 6.54 Å². The summed E-state index contributed by atoms with van der Waals surface area (Å²) in [4.78, 5) is 9.52. The molecular formula is C6H12N2O3. The number of hydrogen-bond donors (Lipinski definition) is 1. The van der Waals surface area contributed by atoms with Crippen molar-refractivity contribution in [1.29, 1.82) is 0 Å². The molecule has 0 fully saturated rings. The maximum absolute atomic E-state index is 10.0. The smallest absolute Gasteiger partial charge is 0.245 e. The molecule has 0 unspecified atom stereocenters. The molecule has 0 aliphatic carbocycles. The van der Waals surface area contributed by atoms with Crippen LogP contribution in [0.4, 0.5) is 0 Å². The number of nitrogens with zero attached hydrogens (tertiary/aromatic N) is 2. The van der Waals surface area contributed by atoms with E-state index in [0.29, 0.717) is 0 Å². The van der Waals surface area contributed by atoms with Crippen LogP contribution in [0.3, 0.4) is 0 Å². The summed E-state index contributed by atoms with van der Waals surface area (Å²) < 4.78 is 0. The summed E-state index contributed by atoms with van der Waals surface area (Å²) >= 11 is 0. The van der Waals surface area contributed by atoms with E-state index in [1.165, 1.54) is 0 Å². The van der Waals surface area contributed by atoms with Gasteiger partial charge in [0.05, 0.1) is 0 Å². The van der Waals surface area contributed by atoms with Crippen LogP contribution in [0.25, 0.3) is 0 Å². The lowest BCUT2D eigenvalue weighted by molar-refractivity contribution is -0.464. The Hall–Kier alpha value is -1.13. The van der Waals surface area contributed by atoms with Gasteiger partial charge in [-0.1, -0.05) is 25.9 Å². The van der Waals surface area contributed by atoms with Crippen molar-refractivity contribution in [2.24, 2.45) is 10.6 Å². The third-order valence-corrected chi connectivity index (χ3v) is 1.27. The summed E-state index contributed by atoms with van der Waals surface area (Å²) in [5, 5.41) is 21.3. The zero-order chi connectivity index (χ0) is 9.07. The fraction of sp³-hybridized carbons (Fsp3) is 0.833. The highest BCUT2D eigenvalue weighted by atomic mass is 16.6. The molecule has 0 saturated heterocycles. The van der Waals surface area contributed by atoms with Gasteiger partial charge in [0, 0.05) is 10.3 Å². The highest BCUT2D eigenvalue weighted by Crippen LogP contribution is 2.15.